The Kier molecular flexibility index (Phi) is 3.83. The molecule has 2 rings (SSSR count). The number of nitrogens with zero attached hydrogens (tertiary/aromatic N) is 1. The lowest BCUT2D eigenvalue weighted by atomic mass is 10.0. The van der Waals surface area contributed by atoms with Crippen molar-refractivity contribution in [2.45, 2.75) is 39.2 Å². The van der Waals surface area contributed by atoms with Gasteiger partial charge in [-0.25, -0.2) is 4.98 Å². The van der Waals surface area contributed by atoms with E-state index >= 15 is 0 Å². The molecule has 18 heavy (non-hydrogen) atoms. The number of hydrogen-bond donors (Lipinski definition) is 1. The zero-order valence-corrected chi connectivity index (χ0v) is 12.1. The van der Waals surface area contributed by atoms with Gasteiger partial charge in [-0.1, -0.05) is 31.2 Å². The van der Waals surface area contributed by atoms with Gasteiger partial charge in [0.2, 0.25) is 0 Å². The Morgan fingerprint density at radius 3 is 2.44 bits per heavy atom. The highest BCUT2D eigenvalue weighted by molar-refractivity contribution is 7.13. The molecule has 0 saturated heterocycles. The molecule has 1 heterocycles. The summed E-state index contributed by atoms with van der Waals surface area (Å²) in [6.45, 7) is 6.23. The van der Waals surface area contributed by atoms with Crippen molar-refractivity contribution in [1.82, 2.24) is 4.98 Å². The molecule has 0 unspecified atom stereocenters. The van der Waals surface area contributed by atoms with E-state index in [0.29, 0.717) is 0 Å². The van der Waals surface area contributed by atoms with E-state index in [4.69, 9.17) is 5.73 Å². The third-order valence-corrected chi connectivity index (χ3v) is 3.74. The number of aromatic nitrogens is 1. The van der Waals surface area contributed by atoms with E-state index in [1.807, 2.05) is 13.8 Å². The molecule has 0 fully saturated rings. The fourth-order valence-corrected chi connectivity index (χ4v) is 2.70. The van der Waals surface area contributed by atoms with E-state index < -0.39 is 0 Å². The van der Waals surface area contributed by atoms with Gasteiger partial charge in [0, 0.05) is 22.9 Å². The highest BCUT2D eigenvalue weighted by atomic mass is 32.1. The highest BCUT2D eigenvalue weighted by Crippen LogP contribution is 2.25. The normalized spacial score (nSPS) is 11.8. The molecule has 1 aromatic carbocycles. The Balaban J connectivity index is 2.18. The average molecular weight is 260 g/mol. The van der Waals surface area contributed by atoms with Crippen molar-refractivity contribution in [3.8, 4) is 10.6 Å². The van der Waals surface area contributed by atoms with E-state index in [1.54, 1.807) is 11.3 Å². The van der Waals surface area contributed by atoms with E-state index in [0.717, 1.165) is 23.5 Å². The van der Waals surface area contributed by atoms with Crippen LogP contribution < -0.4 is 5.73 Å². The van der Waals surface area contributed by atoms with Gasteiger partial charge in [-0.15, -0.1) is 11.3 Å². The van der Waals surface area contributed by atoms with Crippen molar-refractivity contribution < 1.29 is 0 Å². The predicted octanol–water partition coefficient (Wildman–Crippen LogP) is 3.65. The first-order valence-corrected chi connectivity index (χ1v) is 7.18. The number of benzene rings is 1. The van der Waals surface area contributed by atoms with Crippen LogP contribution in [-0.4, -0.2) is 10.5 Å². The summed E-state index contributed by atoms with van der Waals surface area (Å²) in [5.74, 6) is 0. The molecule has 0 spiro atoms. The molecule has 96 valence electrons. The number of rotatable bonds is 4. The Hall–Kier alpha value is -1.19. The minimum Gasteiger partial charge on any atom is -0.325 e. The SMILES string of the molecule is CCc1ccc(-c2nc(CC(C)(C)N)cs2)cc1. The summed E-state index contributed by atoms with van der Waals surface area (Å²) in [6.07, 6.45) is 1.89. The van der Waals surface area contributed by atoms with Crippen LogP contribution in [0.4, 0.5) is 0 Å². The van der Waals surface area contributed by atoms with Crippen LogP contribution in [0.1, 0.15) is 32.0 Å². The van der Waals surface area contributed by atoms with Gasteiger partial charge in [-0.2, -0.15) is 0 Å². The molecule has 0 saturated carbocycles. The summed E-state index contributed by atoms with van der Waals surface area (Å²) in [7, 11) is 0. The lowest BCUT2D eigenvalue weighted by Crippen LogP contribution is -2.34. The number of aryl methyl sites for hydroxylation is 1. The molecule has 0 aliphatic carbocycles. The van der Waals surface area contributed by atoms with Gasteiger partial charge in [0.1, 0.15) is 5.01 Å². The third-order valence-electron chi connectivity index (χ3n) is 2.80. The summed E-state index contributed by atoms with van der Waals surface area (Å²) < 4.78 is 0. The first kappa shape index (κ1) is 13.2. The van der Waals surface area contributed by atoms with Crippen LogP contribution in [0.3, 0.4) is 0 Å². The smallest absolute Gasteiger partial charge is 0.123 e. The number of thiazole rings is 1. The van der Waals surface area contributed by atoms with Crippen LogP contribution in [0.25, 0.3) is 10.6 Å². The fourth-order valence-electron chi connectivity index (χ4n) is 1.87. The van der Waals surface area contributed by atoms with E-state index in [-0.39, 0.29) is 5.54 Å². The van der Waals surface area contributed by atoms with Gasteiger partial charge in [0.25, 0.3) is 0 Å². The Morgan fingerprint density at radius 2 is 1.89 bits per heavy atom. The van der Waals surface area contributed by atoms with Crippen LogP contribution >= 0.6 is 11.3 Å². The van der Waals surface area contributed by atoms with Gasteiger partial charge in [0.15, 0.2) is 0 Å². The quantitative estimate of drug-likeness (QED) is 0.911. The van der Waals surface area contributed by atoms with Gasteiger partial charge < -0.3 is 5.73 Å². The maximum Gasteiger partial charge on any atom is 0.123 e. The highest BCUT2D eigenvalue weighted by Gasteiger charge is 2.14. The maximum atomic E-state index is 6.02. The van der Waals surface area contributed by atoms with Gasteiger partial charge in [-0.05, 0) is 25.8 Å². The minimum atomic E-state index is -0.197. The molecule has 2 nitrogen and oxygen atoms in total. The second-order valence-electron chi connectivity index (χ2n) is 5.36. The molecule has 0 aliphatic rings. The van der Waals surface area contributed by atoms with E-state index in [2.05, 4.69) is 41.6 Å². The second kappa shape index (κ2) is 5.21. The molecule has 0 amide bonds. The fraction of sp³-hybridized carbons (Fsp3) is 0.400. The lowest BCUT2D eigenvalue weighted by Gasteiger charge is -2.16. The standard InChI is InChI=1S/C15H20N2S/c1-4-11-5-7-12(8-6-11)14-17-13(10-18-14)9-15(2,3)16/h5-8,10H,4,9,16H2,1-3H3. The topological polar surface area (TPSA) is 38.9 Å². The van der Waals surface area contributed by atoms with Crippen LogP contribution in [0.5, 0.6) is 0 Å². The molecule has 2 aromatic rings. The zero-order valence-electron chi connectivity index (χ0n) is 11.2. The maximum absolute atomic E-state index is 6.02. The van der Waals surface area contributed by atoms with Crippen molar-refractivity contribution in [3.63, 3.8) is 0 Å². The summed E-state index contributed by atoms with van der Waals surface area (Å²) in [4.78, 5) is 4.66. The van der Waals surface area contributed by atoms with Crippen LogP contribution in [0, 0.1) is 0 Å². The van der Waals surface area contributed by atoms with Gasteiger partial charge in [-0.3, -0.25) is 0 Å². The molecule has 0 radical (unpaired) electrons. The van der Waals surface area contributed by atoms with Crippen LogP contribution in [-0.2, 0) is 12.8 Å². The van der Waals surface area contributed by atoms with Crippen molar-refractivity contribution in [2.24, 2.45) is 5.73 Å². The van der Waals surface area contributed by atoms with Gasteiger partial charge >= 0.3 is 0 Å². The first-order chi connectivity index (χ1) is 8.48. The first-order valence-electron chi connectivity index (χ1n) is 6.30. The summed E-state index contributed by atoms with van der Waals surface area (Å²) in [5, 5.41) is 3.19. The predicted molar refractivity (Wildman–Crippen MR) is 78.9 cm³/mol. The third kappa shape index (κ3) is 3.40. The van der Waals surface area contributed by atoms with E-state index in [1.165, 1.54) is 11.1 Å². The Morgan fingerprint density at radius 1 is 1.22 bits per heavy atom. The zero-order chi connectivity index (χ0) is 13.2. The Bertz CT molecular complexity index is 506. The molecule has 3 heteroatoms. The molecular weight excluding hydrogens is 240 g/mol. The molecule has 1 aromatic heterocycles. The summed E-state index contributed by atoms with van der Waals surface area (Å²) in [6, 6.07) is 8.64. The molecule has 0 bridgehead atoms. The molecular formula is C15H20N2S. The summed E-state index contributed by atoms with van der Waals surface area (Å²) >= 11 is 1.69. The van der Waals surface area contributed by atoms with Crippen molar-refractivity contribution in [1.29, 1.82) is 0 Å². The van der Waals surface area contributed by atoms with Crippen LogP contribution in [0.2, 0.25) is 0 Å². The molecule has 0 atom stereocenters. The molecule has 2 N–H and O–H groups in total. The Labute approximate surface area is 113 Å². The summed E-state index contributed by atoms with van der Waals surface area (Å²) in [5.41, 5.74) is 9.46. The number of hydrogen-bond acceptors (Lipinski definition) is 3. The largest absolute Gasteiger partial charge is 0.325 e. The van der Waals surface area contributed by atoms with Crippen molar-refractivity contribution >= 4 is 11.3 Å². The lowest BCUT2D eigenvalue weighted by molar-refractivity contribution is 0.511. The van der Waals surface area contributed by atoms with E-state index in [9.17, 15) is 0 Å². The second-order valence-corrected chi connectivity index (χ2v) is 6.22. The average Bonchev–Trinajstić information content (AvgIpc) is 2.75. The van der Waals surface area contributed by atoms with Crippen LogP contribution in [0.15, 0.2) is 29.6 Å². The minimum absolute atomic E-state index is 0.197. The van der Waals surface area contributed by atoms with Crippen molar-refractivity contribution in [2.75, 3.05) is 0 Å². The van der Waals surface area contributed by atoms with Crippen molar-refractivity contribution in [3.05, 3.63) is 40.9 Å². The number of nitrogens with two attached hydrogens (primary N) is 1. The molecule has 0 aliphatic heterocycles. The monoisotopic (exact) mass is 260 g/mol. The van der Waals surface area contributed by atoms with Gasteiger partial charge in [0.05, 0.1) is 5.69 Å².